The molecule has 1 amide bonds. The van der Waals surface area contributed by atoms with Crippen molar-refractivity contribution < 1.29 is 23.1 Å². The molecule has 1 heterocycles. The van der Waals surface area contributed by atoms with E-state index in [1.807, 2.05) is 0 Å². The largest absolute Gasteiger partial charge is 0.425 e. The maximum absolute atomic E-state index is 13.0. The van der Waals surface area contributed by atoms with E-state index < -0.39 is 29.9 Å². The van der Waals surface area contributed by atoms with Crippen LogP contribution in [0.25, 0.3) is 0 Å². The highest BCUT2D eigenvalue weighted by Gasteiger charge is 2.58. The molecule has 1 unspecified atom stereocenters. The smallest absolute Gasteiger partial charge is 0.374 e. The highest BCUT2D eigenvalue weighted by Crippen LogP contribution is 2.40. The molecule has 0 aromatic carbocycles. The number of nitrogens with zero attached hydrogens (tertiary/aromatic N) is 2. The lowest BCUT2D eigenvalue weighted by atomic mass is 9.97. The van der Waals surface area contributed by atoms with Crippen molar-refractivity contribution in [1.29, 1.82) is 0 Å². The van der Waals surface area contributed by atoms with Gasteiger partial charge in [-0.2, -0.15) is 13.2 Å². The molecule has 19 heavy (non-hydrogen) atoms. The number of alkyl halides is 3. The van der Waals surface area contributed by atoms with Crippen molar-refractivity contribution in [3.05, 3.63) is 18.2 Å². The van der Waals surface area contributed by atoms with Gasteiger partial charge in [0.2, 0.25) is 11.5 Å². The molecule has 0 fully saturated rings. The van der Waals surface area contributed by atoms with Gasteiger partial charge in [0.15, 0.2) is 5.82 Å². The van der Waals surface area contributed by atoms with Gasteiger partial charge in [-0.1, -0.05) is 6.92 Å². The molecule has 5 nitrogen and oxygen atoms in total. The Balaban J connectivity index is 3.02. The maximum atomic E-state index is 13.0. The first-order chi connectivity index (χ1) is 8.72. The summed E-state index contributed by atoms with van der Waals surface area (Å²) in [6.45, 7) is 2.03. The van der Waals surface area contributed by atoms with Crippen LogP contribution in [0.15, 0.2) is 12.4 Å². The first-order valence-electron chi connectivity index (χ1n) is 5.76. The normalized spacial score (nSPS) is 15.1. The van der Waals surface area contributed by atoms with Gasteiger partial charge in [0.1, 0.15) is 0 Å². The molecule has 0 saturated carbocycles. The third-order valence-corrected chi connectivity index (χ3v) is 2.65. The predicted molar refractivity (Wildman–Crippen MR) is 61.1 cm³/mol. The first kappa shape index (κ1) is 15.5. The summed E-state index contributed by atoms with van der Waals surface area (Å²) in [5.74, 6) is -1.48. The number of carbonyl (C=O) groups excluding carboxylic acids is 1. The van der Waals surface area contributed by atoms with E-state index in [-0.39, 0.29) is 6.54 Å². The number of nitrogens with one attached hydrogen (secondary N) is 1. The lowest BCUT2D eigenvalue weighted by Gasteiger charge is -2.29. The van der Waals surface area contributed by atoms with Crippen LogP contribution in [0.3, 0.4) is 0 Å². The molecule has 8 heteroatoms. The molecule has 0 aliphatic carbocycles. The van der Waals surface area contributed by atoms with Crippen LogP contribution < -0.4 is 5.32 Å². The monoisotopic (exact) mass is 279 g/mol. The number of aromatic nitrogens is 2. The number of imidazole rings is 1. The standard InChI is InChI=1S/C11H16F3N3O2/c1-3-4-15-8(18)7-10(19,11(12,13)14)9-16-5-6-17(9)2/h5-6,19H,3-4,7H2,1-2H3,(H,15,18). The fraction of sp³-hybridized carbons (Fsp3) is 0.636. The Bertz CT molecular complexity index is 445. The molecule has 0 saturated heterocycles. The van der Waals surface area contributed by atoms with Gasteiger partial charge in [0.05, 0.1) is 6.42 Å². The van der Waals surface area contributed by atoms with E-state index in [2.05, 4.69) is 10.3 Å². The van der Waals surface area contributed by atoms with Crippen molar-refractivity contribution in [3.8, 4) is 0 Å². The molecule has 0 bridgehead atoms. The molecule has 0 radical (unpaired) electrons. The van der Waals surface area contributed by atoms with Gasteiger partial charge in [0.25, 0.3) is 0 Å². The predicted octanol–water partition coefficient (Wildman–Crippen LogP) is 1.09. The van der Waals surface area contributed by atoms with Gasteiger partial charge in [0, 0.05) is 26.0 Å². The Morgan fingerprint density at radius 1 is 1.53 bits per heavy atom. The Hall–Kier alpha value is -1.57. The van der Waals surface area contributed by atoms with E-state index in [1.54, 1.807) is 6.92 Å². The van der Waals surface area contributed by atoms with Crippen LogP contribution in [0.5, 0.6) is 0 Å². The molecule has 1 rings (SSSR count). The summed E-state index contributed by atoms with van der Waals surface area (Å²) in [6, 6.07) is 0. The second kappa shape index (κ2) is 5.60. The van der Waals surface area contributed by atoms with E-state index in [1.165, 1.54) is 13.2 Å². The minimum atomic E-state index is -4.99. The number of carbonyl (C=O) groups is 1. The van der Waals surface area contributed by atoms with Crippen LogP contribution in [-0.2, 0) is 17.4 Å². The second-order valence-electron chi connectivity index (χ2n) is 4.25. The summed E-state index contributed by atoms with van der Waals surface area (Å²) < 4.78 is 40.2. The van der Waals surface area contributed by atoms with Crippen molar-refractivity contribution in [2.24, 2.45) is 7.05 Å². The minimum Gasteiger partial charge on any atom is -0.374 e. The molecule has 1 atom stereocenters. The zero-order chi connectivity index (χ0) is 14.7. The number of halogens is 3. The Kier molecular flexibility index (Phi) is 4.56. The van der Waals surface area contributed by atoms with Crippen molar-refractivity contribution in [1.82, 2.24) is 14.9 Å². The van der Waals surface area contributed by atoms with Crippen LogP contribution in [0.2, 0.25) is 0 Å². The summed E-state index contributed by atoms with van der Waals surface area (Å²) in [5, 5.41) is 12.2. The molecular weight excluding hydrogens is 263 g/mol. The molecule has 0 spiro atoms. The Morgan fingerprint density at radius 3 is 2.58 bits per heavy atom. The highest BCUT2D eigenvalue weighted by atomic mass is 19.4. The number of rotatable bonds is 5. The third-order valence-electron chi connectivity index (χ3n) is 2.65. The fourth-order valence-corrected chi connectivity index (χ4v) is 1.63. The SMILES string of the molecule is CCCNC(=O)CC(O)(c1nccn1C)C(F)(F)F. The Morgan fingerprint density at radius 2 is 2.16 bits per heavy atom. The van der Waals surface area contributed by atoms with Gasteiger partial charge >= 0.3 is 6.18 Å². The van der Waals surface area contributed by atoms with E-state index in [0.29, 0.717) is 6.42 Å². The summed E-state index contributed by atoms with van der Waals surface area (Å²) >= 11 is 0. The van der Waals surface area contributed by atoms with Gasteiger partial charge in [-0.25, -0.2) is 4.98 Å². The van der Waals surface area contributed by atoms with Gasteiger partial charge in [-0.05, 0) is 6.42 Å². The quantitative estimate of drug-likeness (QED) is 0.847. The molecule has 0 aliphatic rings. The van der Waals surface area contributed by atoms with Crippen LogP contribution in [0.4, 0.5) is 13.2 Å². The molecule has 1 aromatic rings. The summed E-state index contributed by atoms with van der Waals surface area (Å²) in [6.07, 6.45) is -3.10. The highest BCUT2D eigenvalue weighted by molar-refractivity contribution is 5.77. The number of aliphatic hydroxyl groups is 1. The third kappa shape index (κ3) is 3.25. The fourth-order valence-electron chi connectivity index (χ4n) is 1.63. The van der Waals surface area contributed by atoms with Crippen molar-refractivity contribution >= 4 is 5.91 Å². The van der Waals surface area contributed by atoms with E-state index >= 15 is 0 Å². The van der Waals surface area contributed by atoms with Crippen LogP contribution in [0, 0.1) is 0 Å². The first-order valence-corrected chi connectivity index (χ1v) is 5.76. The summed E-state index contributed by atoms with van der Waals surface area (Å²) in [7, 11) is 1.32. The zero-order valence-electron chi connectivity index (χ0n) is 10.7. The average Bonchev–Trinajstić information content (AvgIpc) is 2.71. The van der Waals surface area contributed by atoms with E-state index in [4.69, 9.17) is 0 Å². The van der Waals surface area contributed by atoms with E-state index in [9.17, 15) is 23.1 Å². The summed E-state index contributed by atoms with van der Waals surface area (Å²) in [4.78, 5) is 15.0. The van der Waals surface area contributed by atoms with Gasteiger partial charge in [-0.3, -0.25) is 4.79 Å². The van der Waals surface area contributed by atoms with Crippen LogP contribution in [-0.4, -0.2) is 33.3 Å². The molecule has 1 aromatic heterocycles. The second-order valence-corrected chi connectivity index (χ2v) is 4.25. The maximum Gasteiger partial charge on any atom is 0.425 e. The van der Waals surface area contributed by atoms with Crippen molar-refractivity contribution in [2.45, 2.75) is 31.5 Å². The van der Waals surface area contributed by atoms with Crippen molar-refractivity contribution in [3.63, 3.8) is 0 Å². The lowest BCUT2D eigenvalue weighted by Crippen LogP contribution is -2.47. The van der Waals surface area contributed by atoms with Crippen LogP contribution >= 0.6 is 0 Å². The Labute approximate surface area is 108 Å². The molecular formula is C11H16F3N3O2. The summed E-state index contributed by atoms with van der Waals surface area (Å²) in [5.41, 5.74) is -3.29. The van der Waals surface area contributed by atoms with Gasteiger partial charge in [-0.15, -0.1) is 0 Å². The minimum absolute atomic E-state index is 0.257. The number of aryl methyl sites for hydroxylation is 1. The molecule has 108 valence electrons. The zero-order valence-corrected chi connectivity index (χ0v) is 10.7. The lowest BCUT2D eigenvalue weighted by molar-refractivity contribution is -0.271. The van der Waals surface area contributed by atoms with Crippen LogP contribution in [0.1, 0.15) is 25.6 Å². The van der Waals surface area contributed by atoms with Crippen molar-refractivity contribution in [2.75, 3.05) is 6.54 Å². The average molecular weight is 279 g/mol. The number of hydrogen-bond acceptors (Lipinski definition) is 3. The topological polar surface area (TPSA) is 67.2 Å². The number of hydrogen-bond donors (Lipinski definition) is 2. The van der Waals surface area contributed by atoms with Gasteiger partial charge < -0.3 is 15.0 Å². The molecule has 2 N–H and O–H groups in total. The van der Waals surface area contributed by atoms with E-state index in [0.717, 1.165) is 10.8 Å². The molecule has 0 aliphatic heterocycles. The number of amides is 1.